The molecule has 2 heterocycles. The maximum absolute atomic E-state index is 4.70. The Labute approximate surface area is 120 Å². The van der Waals surface area contributed by atoms with Gasteiger partial charge in [0.15, 0.2) is 0 Å². The molecule has 1 fully saturated rings. The van der Waals surface area contributed by atoms with Gasteiger partial charge in [-0.25, -0.2) is 4.68 Å². The molecule has 1 N–H and O–H groups in total. The van der Waals surface area contributed by atoms with Crippen molar-refractivity contribution in [1.29, 1.82) is 0 Å². The van der Waals surface area contributed by atoms with Crippen molar-refractivity contribution >= 4 is 0 Å². The van der Waals surface area contributed by atoms with Crippen molar-refractivity contribution in [3.8, 4) is 5.69 Å². The molecule has 1 aromatic heterocycles. The average molecular weight is 270 g/mol. The van der Waals surface area contributed by atoms with Gasteiger partial charge in [-0.1, -0.05) is 25.1 Å². The Kier molecular flexibility index (Phi) is 4.14. The van der Waals surface area contributed by atoms with Crippen LogP contribution in [0.2, 0.25) is 0 Å². The van der Waals surface area contributed by atoms with Gasteiger partial charge in [-0.15, -0.1) is 0 Å². The van der Waals surface area contributed by atoms with Crippen molar-refractivity contribution in [2.45, 2.75) is 25.9 Å². The molecule has 1 saturated heterocycles. The van der Waals surface area contributed by atoms with Crippen LogP contribution in [-0.4, -0.2) is 40.4 Å². The number of hydrogen-bond acceptors (Lipinski definition) is 3. The lowest BCUT2D eigenvalue weighted by Crippen LogP contribution is -2.57. The summed E-state index contributed by atoms with van der Waals surface area (Å²) in [6.45, 7) is 6.55. The second kappa shape index (κ2) is 6.20. The van der Waals surface area contributed by atoms with Gasteiger partial charge in [-0.2, -0.15) is 5.10 Å². The molecule has 0 saturated carbocycles. The van der Waals surface area contributed by atoms with Gasteiger partial charge in [0.25, 0.3) is 0 Å². The number of nitrogens with one attached hydrogen (secondary N) is 1. The molecule has 0 unspecified atom stereocenters. The predicted molar refractivity (Wildman–Crippen MR) is 80.9 cm³/mol. The van der Waals surface area contributed by atoms with Crippen LogP contribution in [0.5, 0.6) is 0 Å². The van der Waals surface area contributed by atoms with E-state index in [1.165, 1.54) is 6.42 Å². The van der Waals surface area contributed by atoms with Crippen LogP contribution in [0.3, 0.4) is 0 Å². The highest BCUT2D eigenvalue weighted by atomic mass is 15.3. The van der Waals surface area contributed by atoms with Crippen LogP contribution in [0.25, 0.3) is 5.69 Å². The van der Waals surface area contributed by atoms with E-state index in [2.05, 4.69) is 35.3 Å². The molecule has 2 aromatic rings. The van der Waals surface area contributed by atoms with E-state index in [4.69, 9.17) is 5.10 Å². The smallest absolute Gasteiger partial charge is 0.0769 e. The second-order valence-electron chi connectivity index (χ2n) is 5.37. The molecule has 1 aliphatic rings. The highest BCUT2D eigenvalue weighted by molar-refractivity contribution is 5.30. The van der Waals surface area contributed by atoms with Gasteiger partial charge in [0, 0.05) is 31.9 Å². The topological polar surface area (TPSA) is 33.1 Å². The number of hydrogen-bond donors (Lipinski definition) is 1. The second-order valence-corrected chi connectivity index (χ2v) is 5.37. The van der Waals surface area contributed by atoms with E-state index >= 15 is 0 Å². The van der Waals surface area contributed by atoms with Crippen LogP contribution >= 0.6 is 0 Å². The zero-order chi connectivity index (χ0) is 13.8. The number of rotatable bonds is 6. The molecule has 0 aliphatic carbocycles. The summed E-state index contributed by atoms with van der Waals surface area (Å²) in [6.07, 6.45) is 3.24. The average Bonchev–Trinajstić information content (AvgIpc) is 2.87. The molecule has 0 bridgehead atoms. The molecule has 0 spiro atoms. The maximum Gasteiger partial charge on any atom is 0.0769 e. The number of benzene rings is 1. The Balaban J connectivity index is 1.69. The number of nitrogens with zero attached hydrogens (tertiary/aromatic N) is 3. The van der Waals surface area contributed by atoms with E-state index in [9.17, 15) is 0 Å². The summed E-state index contributed by atoms with van der Waals surface area (Å²) in [5, 5.41) is 8.05. The van der Waals surface area contributed by atoms with Gasteiger partial charge in [0.05, 0.1) is 11.4 Å². The van der Waals surface area contributed by atoms with E-state index in [-0.39, 0.29) is 0 Å². The monoisotopic (exact) mass is 270 g/mol. The molecule has 20 heavy (non-hydrogen) atoms. The van der Waals surface area contributed by atoms with Crippen LogP contribution in [0, 0.1) is 0 Å². The van der Waals surface area contributed by atoms with Crippen molar-refractivity contribution in [1.82, 2.24) is 20.0 Å². The molecule has 106 valence electrons. The number of para-hydroxylation sites is 1. The largest absolute Gasteiger partial charge is 0.314 e. The molecule has 4 nitrogen and oxygen atoms in total. The minimum absolute atomic E-state index is 0.678. The van der Waals surface area contributed by atoms with Crippen LogP contribution in [0.1, 0.15) is 19.0 Å². The predicted octanol–water partition coefficient (Wildman–Crippen LogP) is 2.06. The van der Waals surface area contributed by atoms with Gasteiger partial charge >= 0.3 is 0 Å². The first kappa shape index (κ1) is 13.3. The Morgan fingerprint density at radius 3 is 2.70 bits per heavy atom. The first-order chi connectivity index (χ1) is 9.86. The van der Waals surface area contributed by atoms with Gasteiger partial charge in [0.1, 0.15) is 0 Å². The lowest BCUT2D eigenvalue weighted by atomic mass is 10.1. The van der Waals surface area contributed by atoms with Crippen LogP contribution in [0.4, 0.5) is 0 Å². The van der Waals surface area contributed by atoms with Gasteiger partial charge in [0.2, 0.25) is 0 Å². The minimum atomic E-state index is 0.678. The third-order valence-electron chi connectivity index (χ3n) is 3.82. The molecule has 0 atom stereocenters. The van der Waals surface area contributed by atoms with Crippen molar-refractivity contribution in [3.63, 3.8) is 0 Å². The minimum Gasteiger partial charge on any atom is -0.314 e. The van der Waals surface area contributed by atoms with Crippen molar-refractivity contribution in [2.75, 3.05) is 19.6 Å². The molecule has 0 amide bonds. The third-order valence-corrected chi connectivity index (χ3v) is 3.82. The third kappa shape index (κ3) is 2.92. The zero-order valence-electron chi connectivity index (χ0n) is 12.0. The first-order valence-corrected chi connectivity index (χ1v) is 7.41. The summed E-state index contributed by atoms with van der Waals surface area (Å²) < 4.78 is 1.96. The lowest BCUT2D eigenvalue weighted by Gasteiger charge is -2.37. The summed E-state index contributed by atoms with van der Waals surface area (Å²) in [7, 11) is 0. The van der Waals surface area contributed by atoms with Gasteiger partial charge < -0.3 is 5.32 Å². The highest BCUT2D eigenvalue weighted by Gasteiger charge is 2.24. The van der Waals surface area contributed by atoms with Gasteiger partial charge in [-0.3, -0.25) is 4.90 Å². The van der Waals surface area contributed by atoms with Crippen LogP contribution < -0.4 is 5.32 Å². The molecule has 4 heteroatoms. The van der Waals surface area contributed by atoms with Crippen LogP contribution in [-0.2, 0) is 6.54 Å². The standard InChI is InChI=1S/C16H22N4/c1-2-9-19(16-11-17-12-16)13-14-8-10-20(18-14)15-6-4-3-5-7-15/h3-8,10,16-17H,2,9,11-13H2,1H3. The Hall–Kier alpha value is -1.65. The SMILES string of the molecule is CCCN(Cc1ccn(-c2ccccc2)n1)C1CNC1. The summed E-state index contributed by atoms with van der Waals surface area (Å²) in [5.74, 6) is 0. The van der Waals surface area contributed by atoms with E-state index in [0.29, 0.717) is 6.04 Å². The molecule has 0 radical (unpaired) electrons. The summed E-state index contributed by atoms with van der Waals surface area (Å²) >= 11 is 0. The van der Waals surface area contributed by atoms with Crippen LogP contribution in [0.15, 0.2) is 42.6 Å². The lowest BCUT2D eigenvalue weighted by molar-refractivity contribution is 0.136. The van der Waals surface area contributed by atoms with Gasteiger partial charge in [-0.05, 0) is 31.2 Å². The van der Waals surface area contributed by atoms with E-state index in [0.717, 1.165) is 37.6 Å². The number of aromatic nitrogens is 2. The fraction of sp³-hybridized carbons (Fsp3) is 0.438. The summed E-state index contributed by atoms with van der Waals surface area (Å²) in [4.78, 5) is 2.54. The summed E-state index contributed by atoms with van der Waals surface area (Å²) in [6, 6.07) is 13.1. The van der Waals surface area contributed by atoms with Crippen molar-refractivity contribution in [3.05, 3.63) is 48.3 Å². The Bertz CT molecular complexity index is 530. The molecule has 3 rings (SSSR count). The molecular weight excluding hydrogens is 248 g/mol. The van der Waals surface area contributed by atoms with E-state index in [1.807, 2.05) is 29.1 Å². The molecular formula is C16H22N4. The first-order valence-electron chi connectivity index (χ1n) is 7.41. The summed E-state index contributed by atoms with van der Waals surface area (Å²) in [5.41, 5.74) is 2.26. The fourth-order valence-electron chi connectivity index (χ4n) is 2.59. The normalized spacial score (nSPS) is 15.5. The van der Waals surface area contributed by atoms with E-state index in [1.54, 1.807) is 0 Å². The molecule has 1 aliphatic heterocycles. The molecule has 1 aromatic carbocycles. The van der Waals surface area contributed by atoms with Crippen molar-refractivity contribution < 1.29 is 0 Å². The highest BCUT2D eigenvalue weighted by Crippen LogP contribution is 2.12. The zero-order valence-corrected chi connectivity index (χ0v) is 12.0. The quantitative estimate of drug-likeness (QED) is 0.872. The Morgan fingerprint density at radius 2 is 2.05 bits per heavy atom. The van der Waals surface area contributed by atoms with E-state index < -0.39 is 0 Å². The fourth-order valence-corrected chi connectivity index (χ4v) is 2.59. The Morgan fingerprint density at radius 1 is 1.25 bits per heavy atom. The maximum atomic E-state index is 4.70. The van der Waals surface area contributed by atoms with Crippen molar-refractivity contribution in [2.24, 2.45) is 0 Å².